The second kappa shape index (κ2) is 6.42. The first-order valence-electron chi connectivity index (χ1n) is 5.67. The molecule has 0 radical (unpaired) electrons. The van der Waals surface area contributed by atoms with E-state index in [2.05, 4.69) is 0 Å². The molecule has 21 heavy (non-hydrogen) atoms. The van der Waals surface area contributed by atoms with Crippen LogP contribution in [0, 0.1) is 0 Å². The van der Waals surface area contributed by atoms with Crippen LogP contribution in [0.3, 0.4) is 0 Å². The smallest absolute Gasteiger partial charge is 0.239 e. The highest BCUT2D eigenvalue weighted by atomic mass is 35.5. The zero-order chi connectivity index (χ0) is 15.6. The zero-order valence-electron chi connectivity index (χ0n) is 10.5. The maximum atomic E-state index is 11.3. The van der Waals surface area contributed by atoms with Crippen molar-refractivity contribution in [2.45, 2.75) is 11.5 Å². The lowest BCUT2D eigenvalue weighted by molar-refractivity contribution is 0.306. The van der Waals surface area contributed by atoms with Gasteiger partial charge in [0.15, 0.2) is 0 Å². The van der Waals surface area contributed by atoms with Gasteiger partial charge in [0.25, 0.3) is 0 Å². The SMILES string of the molecule is NS(=O)(=O)c1ccc(OCc2ccc(Cl)cc2)c(Cl)c1Cl. The van der Waals surface area contributed by atoms with Crippen LogP contribution in [-0.2, 0) is 16.6 Å². The highest BCUT2D eigenvalue weighted by Gasteiger charge is 2.18. The number of ether oxygens (including phenoxy) is 1. The summed E-state index contributed by atoms with van der Waals surface area (Å²) in [6.07, 6.45) is 0. The van der Waals surface area contributed by atoms with Gasteiger partial charge in [-0.2, -0.15) is 0 Å². The summed E-state index contributed by atoms with van der Waals surface area (Å²) >= 11 is 17.7. The first-order chi connectivity index (χ1) is 9.79. The molecule has 0 saturated heterocycles. The van der Waals surface area contributed by atoms with E-state index in [-0.39, 0.29) is 27.3 Å². The number of nitrogens with two attached hydrogens (primary N) is 1. The number of hydrogen-bond acceptors (Lipinski definition) is 3. The molecule has 8 heteroatoms. The number of primary sulfonamides is 1. The van der Waals surface area contributed by atoms with E-state index in [4.69, 9.17) is 44.7 Å². The predicted octanol–water partition coefficient (Wildman–Crippen LogP) is 3.87. The van der Waals surface area contributed by atoms with Gasteiger partial charge in [0.2, 0.25) is 10.0 Å². The van der Waals surface area contributed by atoms with Gasteiger partial charge in [-0.25, -0.2) is 13.6 Å². The minimum absolute atomic E-state index is 0.00263. The molecule has 2 aromatic rings. The minimum Gasteiger partial charge on any atom is -0.487 e. The molecule has 0 aliphatic carbocycles. The molecule has 0 spiro atoms. The molecule has 0 aliphatic rings. The topological polar surface area (TPSA) is 69.4 Å². The van der Waals surface area contributed by atoms with Crippen LogP contribution >= 0.6 is 34.8 Å². The Balaban J connectivity index is 2.22. The summed E-state index contributed by atoms with van der Waals surface area (Å²) in [5.41, 5.74) is 0.877. The molecule has 0 aromatic heterocycles. The van der Waals surface area contributed by atoms with Crippen LogP contribution in [0.1, 0.15) is 5.56 Å². The van der Waals surface area contributed by atoms with Crippen LogP contribution in [0.5, 0.6) is 5.75 Å². The van der Waals surface area contributed by atoms with Crippen molar-refractivity contribution in [2.75, 3.05) is 0 Å². The molecule has 0 atom stereocenters. The summed E-state index contributed by atoms with van der Waals surface area (Å²) in [5, 5.41) is 5.49. The minimum atomic E-state index is -3.93. The molecule has 0 aliphatic heterocycles. The Labute approximate surface area is 137 Å². The monoisotopic (exact) mass is 365 g/mol. The van der Waals surface area contributed by atoms with Crippen LogP contribution in [0.4, 0.5) is 0 Å². The Morgan fingerprint density at radius 3 is 2.14 bits per heavy atom. The van der Waals surface area contributed by atoms with Crippen molar-refractivity contribution in [3.05, 3.63) is 57.0 Å². The number of hydrogen-bond donors (Lipinski definition) is 1. The largest absolute Gasteiger partial charge is 0.487 e. The molecule has 0 heterocycles. The van der Waals surface area contributed by atoms with Gasteiger partial charge in [-0.05, 0) is 29.8 Å². The lowest BCUT2D eigenvalue weighted by Gasteiger charge is -2.11. The van der Waals surface area contributed by atoms with E-state index >= 15 is 0 Å². The van der Waals surface area contributed by atoms with Gasteiger partial charge >= 0.3 is 0 Å². The fourth-order valence-corrected chi connectivity index (χ4v) is 3.08. The van der Waals surface area contributed by atoms with Crippen LogP contribution in [0.2, 0.25) is 15.1 Å². The third-order valence-corrected chi connectivity index (χ3v) is 4.81. The van der Waals surface area contributed by atoms with Crippen molar-refractivity contribution in [3.63, 3.8) is 0 Å². The summed E-state index contributed by atoms with van der Waals surface area (Å²) in [5.74, 6) is 0.268. The standard InChI is InChI=1S/C13H10Cl3NO3S/c14-9-3-1-8(2-4-9)7-20-10-5-6-11(21(17,18)19)13(16)12(10)15/h1-6H,7H2,(H2,17,18,19). The van der Waals surface area contributed by atoms with Gasteiger partial charge in [0.1, 0.15) is 22.3 Å². The van der Waals surface area contributed by atoms with Gasteiger partial charge in [-0.15, -0.1) is 0 Å². The van der Waals surface area contributed by atoms with Crippen LogP contribution in [0.15, 0.2) is 41.3 Å². The number of sulfonamides is 1. The number of benzene rings is 2. The molecule has 0 unspecified atom stereocenters. The second-order valence-corrected chi connectivity index (χ2v) is 6.87. The van der Waals surface area contributed by atoms with Crippen molar-refractivity contribution in [2.24, 2.45) is 5.14 Å². The first kappa shape index (κ1) is 16.4. The maximum absolute atomic E-state index is 11.3. The average molecular weight is 367 g/mol. The third kappa shape index (κ3) is 4.02. The second-order valence-electron chi connectivity index (χ2n) is 4.15. The predicted molar refractivity (Wildman–Crippen MR) is 83.6 cm³/mol. The number of halogens is 3. The van der Waals surface area contributed by atoms with Crippen molar-refractivity contribution in [3.8, 4) is 5.75 Å². The molecule has 0 bridgehead atoms. The van der Waals surface area contributed by atoms with Crippen molar-refractivity contribution in [1.82, 2.24) is 0 Å². The molecule has 112 valence electrons. The van der Waals surface area contributed by atoms with Crippen LogP contribution in [-0.4, -0.2) is 8.42 Å². The van der Waals surface area contributed by atoms with Crippen molar-refractivity contribution >= 4 is 44.8 Å². The highest BCUT2D eigenvalue weighted by Crippen LogP contribution is 2.36. The summed E-state index contributed by atoms with van der Waals surface area (Å²) in [6, 6.07) is 9.73. The number of rotatable bonds is 4. The lowest BCUT2D eigenvalue weighted by atomic mass is 10.2. The van der Waals surface area contributed by atoms with E-state index in [9.17, 15) is 8.42 Å². The Hall–Kier alpha value is -0.980. The normalized spacial score (nSPS) is 11.4. The highest BCUT2D eigenvalue weighted by molar-refractivity contribution is 7.89. The zero-order valence-corrected chi connectivity index (χ0v) is 13.6. The summed E-state index contributed by atoms with van der Waals surface area (Å²) in [4.78, 5) is -0.243. The molecule has 4 nitrogen and oxygen atoms in total. The van der Waals surface area contributed by atoms with Gasteiger partial charge in [0.05, 0.1) is 5.02 Å². The molecule has 0 saturated carbocycles. The van der Waals surface area contributed by atoms with Gasteiger partial charge in [0, 0.05) is 5.02 Å². The van der Waals surface area contributed by atoms with E-state index in [0.29, 0.717) is 5.02 Å². The van der Waals surface area contributed by atoms with Gasteiger partial charge in [-0.1, -0.05) is 46.9 Å². The molecule has 2 aromatic carbocycles. The summed E-state index contributed by atoms with van der Waals surface area (Å²) in [6.45, 7) is 0.238. The molecular formula is C13H10Cl3NO3S. The van der Waals surface area contributed by atoms with Crippen LogP contribution in [0.25, 0.3) is 0 Å². The molecule has 0 fully saturated rings. The Kier molecular flexibility index (Phi) is 5.01. The molecule has 2 N–H and O–H groups in total. The van der Waals surface area contributed by atoms with E-state index < -0.39 is 10.0 Å². The lowest BCUT2D eigenvalue weighted by Crippen LogP contribution is -2.13. The van der Waals surface area contributed by atoms with Gasteiger partial charge < -0.3 is 4.74 Å². The fourth-order valence-electron chi connectivity index (χ4n) is 1.59. The molecule has 2 rings (SSSR count). The Morgan fingerprint density at radius 1 is 0.952 bits per heavy atom. The van der Waals surface area contributed by atoms with Crippen molar-refractivity contribution < 1.29 is 13.2 Å². The Morgan fingerprint density at radius 2 is 1.57 bits per heavy atom. The first-order valence-corrected chi connectivity index (χ1v) is 8.35. The summed E-state index contributed by atoms with van der Waals surface area (Å²) in [7, 11) is -3.93. The van der Waals surface area contributed by atoms with E-state index in [1.54, 1.807) is 24.3 Å². The van der Waals surface area contributed by atoms with Crippen molar-refractivity contribution in [1.29, 1.82) is 0 Å². The van der Waals surface area contributed by atoms with E-state index in [0.717, 1.165) is 5.56 Å². The van der Waals surface area contributed by atoms with Crippen LogP contribution < -0.4 is 9.88 Å². The Bertz CT molecular complexity index is 761. The quantitative estimate of drug-likeness (QED) is 0.893. The van der Waals surface area contributed by atoms with E-state index in [1.165, 1.54) is 12.1 Å². The fraction of sp³-hybridized carbons (Fsp3) is 0.0769. The molecular weight excluding hydrogens is 357 g/mol. The van der Waals surface area contributed by atoms with Gasteiger partial charge in [-0.3, -0.25) is 0 Å². The maximum Gasteiger partial charge on any atom is 0.239 e. The molecule has 0 amide bonds. The van der Waals surface area contributed by atoms with E-state index in [1.807, 2.05) is 0 Å². The third-order valence-electron chi connectivity index (χ3n) is 2.63. The average Bonchev–Trinajstić information content (AvgIpc) is 2.41. The summed E-state index contributed by atoms with van der Waals surface area (Å²) < 4.78 is 28.1.